The van der Waals surface area contributed by atoms with E-state index in [1.165, 1.54) is 51.4 Å². The molecule has 3 saturated carbocycles. The Kier molecular flexibility index (Phi) is 5.27. The van der Waals surface area contributed by atoms with Crippen molar-refractivity contribution in [1.29, 1.82) is 0 Å². The molecule has 0 bridgehead atoms. The topological polar surface area (TPSA) is 40.5 Å². The van der Waals surface area contributed by atoms with Crippen LogP contribution >= 0.6 is 0 Å². The molecule has 122 valence electrons. The van der Waals surface area contributed by atoms with Gasteiger partial charge < -0.3 is 10.2 Å². The summed E-state index contributed by atoms with van der Waals surface area (Å²) < 4.78 is 0. The van der Waals surface area contributed by atoms with Crippen LogP contribution in [-0.2, 0) is 0 Å². The molecule has 0 heterocycles. The fourth-order valence-electron chi connectivity index (χ4n) is 5.53. The molecule has 0 aromatic heterocycles. The van der Waals surface area contributed by atoms with E-state index < -0.39 is 0 Å². The minimum Gasteiger partial charge on any atom is -0.393 e. The van der Waals surface area contributed by atoms with Crippen LogP contribution in [0.4, 0.5) is 0 Å². The summed E-state index contributed by atoms with van der Waals surface area (Å²) in [7, 11) is 0. The van der Waals surface area contributed by atoms with Crippen molar-refractivity contribution < 1.29 is 10.2 Å². The lowest BCUT2D eigenvalue weighted by Gasteiger charge is -2.42. The maximum Gasteiger partial charge on any atom is 0.0571 e. The van der Waals surface area contributed by atoms with Gasteiger partial charge >= 0.3 is 0 Å². The van der Waals surface area contributed by atoms with E-state index in [4.69, 9.17) is 0 Å². The first-order valence-corrected chi connectivity index (χ1v) is 9.49. The third-order valence-corrected chi connectivity index (χ3v) is 6.95. The second kappa shape index (κ2) is 7.00. The lowest BCUT2D eigenvalue weighted by Crippen LogP contribution is -2.36. The second-order valence-corrected chi connectivity index (χ2v) is 8.39. The molecule has 0 aromatic carbocycles. The Hall–Kier alpha value is -0.0800. The Balaban J connectivity index is 1.48. The number of rotatable bonds is 2. The van der Waals surface area contributed by atoms with Crippen molar-refractivity contribution in [2.24, 2.45) is 29.6 Å². The van der Waals surface area contributed by atoms with Gasteiger partial charge in [-0.3, -0.25) is 0 Å². The van der Waals surface area contributed by atoms with E-state index in [2.05, 4.69) is 6.92 Å². The maximum absolute atomic E-state index is 10.4. The van der Waals surface area contributed by atoms with Gasteiger partial charge in [0.05, 0.1) is 12.2 Å². The van der Waals surface area contributed by atoms with Gasteiger partial charge in [0, 0.05) is 0 Å². The normalized spacial score (nSPS) is 49.0. The molecule has 0 radical (unpaired) electrons. The Morgan fingerprint density at radius 2 is 1.14 bits per heavy atom. The van der Waals surface area contributed by atoms with Crippen LogP contribution in [0.1, 0.15) is 77.6 Å². The highest BCUT2D eigenvalue weighted by atomic mass is 16.3. The van der Waals surface area contributed by atoms with Crippen molar-refractivity contribution in [2.45, 2.75) is 89.8 Å². The summed E-state index contributed by atoms with van der Waals surface area (Å²) in [5, 5.41) is 20.0. The molecule has 0 saturated heterocycles. The highest BCUT2D eigenvalue weighted by Gasteiger charge is 2.37. The molecular weight excluding hydrogens is 260 g/mol. The minimum absolute atomic E-state index is 0.0172. The maximum atomic E-state index is 10.4. The van der Waals surface area contributed by atoms with Crippen LogP contribution in [0.5, 0.6) is 0 Å². The van der Waals surface area contributed by atoms with Gasteiger partial charge in [-0.1, -0.05) is 6.92 Å². The van der Waals surface area contributed by atoms with E-state index in [-0.39, 0.29) is 12.2 Å². The third-order valence-electron chi connectivity index (χ3n) is 6.95. The number of hydrogen-bond donors (Lipinski definition) is 2. The third kappa shape index (κ3) is 3.82. The van der Waals surface area contributed by atoms with Crippen LogP contribution in [0.2, 0.25) is 0 Å². The average Bonchev–Trinajstić information content (AvgIpc) is 2.51. The summed E-state index contributed by atoms with van der Waals surface area (Å²) in [6, 6.07) is 0. The Morgan fingerprint density at radius 1 is 0.619 bits per heavy atom. The van der Waals surface area contributed by atoms with Gasteiger partial charge in [0.2, 0.25) is 0 Å². The van der Waals surface area contributed by atoms with Crippen molar-refractivity contribution >= 4 is 0 Å². The van der Waals surface area contributed by atoms with Crippen molar-refractivity contribution in [1.82, 2.24) is 0 Å². The number of aliphatic hydroxyl groups is 2. The first kappa shape index (κ1) is 15.8. The number of aliphatic hydroxyl groups excluding tert-OH is 2. The molecule has 3 atom stereocenters. The summed E-state index contributed by atoms with van der Waals surface area (Å²) in [6.07, 6.45) is 13.5. The quantitative estimate of drug-likeness (QED) is 0.803. The molecule has 2 heteroatoms. The summed E-state index contributed by atoms with van der Waals surface area (Å²) in [4.78, 5) is 0. The molecule has 0 amide bonds. The molecule has 0 aromatic rings. The van der Waals surface area contributed by atoms with Gasteiger partial charge in [0.1, 0.15) is 0 Å². The van der Waals surface area contributed by atoms with E-state index in [9.17, 15) is 10.2 Å². The summed E-state index contributed by atoms with van der Waals surface area (Å²) >= 11 is 0. The summed E-state index contributed by atoms with van der Waals surface area (Å²) in [5.74, 6) is 3.98. The molecule has 3 fully saturated rings. The van der Waals surface area contributed by atoms with Crippen molar-refractivity contribution in [3.8, 4) is 0 Å². The Labute approximate surface area is 130 Å². The van der Waals surface area contributed by atoms with Crippen LogP contribution in [0, 0.1) is 29.6 Å². The highest BCUT2D eigenvalue weighted by Crippen LogP contribution is 2.45. The van der Waals surface area contributed by atoms with Crippen LogP contribution in [0.3, 0.4) is 0 Å². The van der Waals surface area contributed by atoms with Gasteiger partial charge in [0.25, 0.3) is 0 Å². The van der Waals surface area contributed by atoms with Gasteiger partial charge in [-0.05, 0) is 100 Å². The summed E-state index contributed by atoms with van der Waals surface area (Å²) in [6.45, 7) is 2.36. The van der Waals surface area contributed by atoms with Gasteiger partial charge in [-0.2, -0.15) is 0 Å². The van der Waals surface area contributed by atoms with Crippen molar-refractivity contribution in [2.75, 3.05) is 0 Å². The van der Waals surface area contributed by atoms with Crippen LogP contribution < -0.4 is 0 Å². The second-order valence-electron chi connectivity index (χ2n) is 8.39. The van der Waals surface area contributed by atoms with E-state index in [0.29, 0.717) is 5.92 Å². The Bertz CT molecular complexity index is 314. The minimum atomic E-state index is -0.0208. The fraction of sp³-hybridized carbons (Fsp3) is 1.00. The van der Waals surface area contributed by atoms with Crippen molar-refractivity contribution in [3.05, 3.63) is 0 Å². The fourth-order valence-corrected chi connectivity index (χ4v) is 5.53. The zero-order chi connectivity index (χ0) is 14.8. The highest BCUT2D eigenvalue weighted by molar-refractivity contribution is 4.88. The molecule has 2 nitrogen and oxygen atoms in total. The molecule has 2 N–H and O–H groups in total. The van der Waals surface area contributed by atoms with Crippen LogP contribution in [-0.4, -0.2) is 22.4 Å². The zero-order valence-electron chi connectivity index (χ0n) is 13.7. The monoisotopic (exact) mass is 294 g/mol. The zero-order valence-corrected chi connectivity index (χ0v) is 13.7. The molecule has 0 aliphatic heterocycles. The van der Waals surface area contributed by atoms with E-state index in [1.807, 2.05) is 0 Å². The lowest BCUT2D eigenvalue weighted by atomic mass is 9.64. The van der Waals surface area contributed by atoms with E-state index in [1.54, 1.807) is 0 Å². The average molecular weight is 294 g/mol. The van der Waals surface area contributed by atoms with Gasteiger partial charge in [0.15, 0.2) is 0 Å². The van der Waals surface area contributed by atoms with E-state index in [0.717, 1.165) is 42.9 Å². The smallest absolute Gasteiger partial charge is 0.0571 e. The van der Waals surface area contributed by atoms with Crippen molar-refractivity contribution in [3.63, 3.8) is 0 Å². The molecular formula is C19H34O2. The first-order valence-electron chi connectivity index (χ1n) is 9.49. The van der Waals surface area contributed by atoms with Crippen LogP contribution in [0.25, 0.3) is 0 Å². The molecule has 3 aliphatic rings. The SMILES string of the molecule is CC1CCC(O)C(C2CCC(C3CCC(O)CC3)CC2)C1. The molecule has 3 unspecified atom stereocenters. The van der Waals surface area contributed by atoms with E-state index >= 15 is 0 Å². The standard InChI is InChI=1S/C19H34O2/c1-13-2-11-19(21)18(12-13)16-5-3-14(4-6-16)15-7-9-17(20)10-8-15/h13-21H,2-12H2,1H3. The summed E-state index contributed by atoms with van der Waals surface area (Å²) in [5.41, 5.74) is 0. The largest absolute Gasteiger partial charge is 0.393 e. The van der Waals surface area contributed by atoms with Gasteiger partial charge in [-0.25, -0.2) is 0 Å². The number of hydrogen-bond acceptors (Lipinski definition) is 2. The predicted octanol–water partition coefficient (Wildman–Crippen LogP) is 4.14. The molecule has 3 aliphatic carbocycles. The Morgan fingerprint density at radius 3 is 1.76 bits per heavy atom. The lowest BCUT2D eigenvalue weighted by molar-refractivity contribution is -0.00140. The molecule has 0 spiro atoms. The van der Waals surface area contributed by atoms with Crippen LogP contribution in [0.15, 0.2) is 0 Å². The predicted molar refractivity (Wildman–Crippen MR) is 85.9 cm³/mol. The first-order chi connectivity index (χ1) is 10.1. The molecule has 3 rings (SSSR count). The molecule has 21 heavy (non-hydrogen) atoms. The van der Waals surface area contributed by atoms with Gasteiger partial charge in [-0.15, -0.1) is 0 Å².